The molecule has 18 N–H and O–H groups in total. The van der Waals surface area contributed by atoms with Gasteiger partial charge >= 0.3 is 0 Å². The number of benzene rings is 3. The number of fused-ring (bicyclic) bond motifs is 9. The number of amides is 5. The number of phenols is 3. The second-order valence-corrected chi connectivity index (χ2v) is 31.2. The summed E-state index contributed by atoms with van der Waals surface area (Å²) in [6.45, 7) is 2.17. The van der Waals surface area contributed by atoms with Crippen molar-refractivity contribution in [2.75, 3.05) is 83.2 Å². The molecular formula is C79H87N9O23. The van der Waals surface area contributed by atoms with Gasteiger partial charge in [0.25, 0.3) is 29.5 Å². The maximum atomic E-state index is 13.7. The lowest BCUT2D eigenvalue weighted by Gasteiger charge is -2.46. The van der Waals surface area contributed by atoms with Gasteiger partial charge in [0.05, 0.1) is 33.5 Å². The Kier molecular flexibility index (Phi) is 19.3. The van der Waals surface area contributed by atoms with Crippen LogP contribution in [0.15, 0.2) is 87.2 Å². The summed E-state index contributed by atoms with van der Waals surface area (Å²) in [6.07, 6.45) is 5.88. The highest BCUT2D eigenvalue weighted by Crippen LogP contribution is 2.58. The quantitative estimate of drug-likeness (QED) is 0.107. The number of hydrogen-bond acceptors (Lipinski definition) is 26. The summed E-state index contributed by atoms with van der Waals surface area (Å²) in [7, 11) is 12.5. The van der Waals surface area contributed by atoms with Gasteiger partial charge in [0, 0.05) is 158 Å². The number of piperidine rings is 1. The van der Waals surface area contributed by atoms with Gasteiger partial charge in [-0.2, -0.15) is 0 Å². The monoisotopic (exact) mass is 1530 g/mol. The number of hydrogen-bond donors (Lipinski definition) is 15. The number of aliphatic hydroxyl groups is 9. The van der Waals surface area contributed by atoms with E-state index in [9.17, 15) is 114 Å². The number of Topliss-reactive ketones (excluding diaryl/α,β-unsaturated/α-hetero) is 6. The number of primary amides is 3. The summed E-state index contributed by atoms with van der Waals surface area (Å²) >= 11 is 0. The average Bonchev–Trinajstić information content (AvgIpc) is 1.05. The van der Waals surface area contributed by atoms with Gasteiger partial charge in [-0.05, 0) is 135 Å². The largest absolute Gasteiger partial charge is 0.508 e. The fourth-order valence-corrected chi connectivity index (χ4v) is 18.8. The fraction of sp³-hybridized carbons (Fsp3) is 0.430. The Balaban J connectivity index is 0.000000146. The van der Waals surface area contributed by atoms with Crippen LogP contribution in [0.25, 0.3) is 28.5 Å². The highest BCUT2D eigenvalue weighted by Gasteiger charge is 2.64. The number of carbonyl (C=O) groups excluding carboxylic acids is 11. The molecule has 4 aromatic rings. The first-order valence-electron chi connectivity index (χ1n) is 36.5. The summed E-state index contributed by atoms with van der Waals surface area (Å²) in [6, 6.07) is 8.60. The number of aliphatic hydroxyl groups excluding tert-OH is 6. The Morgan fingerprint density at radius 3 is 1.02 bits per heavy atom. The first-order valence-corrected chi connectivity index (χ1v) is 36.5. The van der Waals surface area contributed by atoms with Crippen LogP contribution < -0.4 is 31.9 Å². The SMILES string of the molecule is CN(C)c1cc(-c2cccn2C)c(O)c2c1C[C@H]1C[C@H]3CC(=O)C(C(N)=O)=C(O)[C@@]3(O)C(=O)C1=C2O.CN(C)c1cc(C(=O)N2CCCC2)c(O)c2c1C[C@H]1C[C@H]3CC(=O)C(C(N)=O)=C(O)[C@@]3(O)C(=O)C1=C2O.CN(C)c1cc(C(=O)N2CCCCC2)c(O)c2c1C[C@H]1C[C@H]3CC(=O)C(C(N)=O)=C(O)[C@@]3(O)C(=O)C1=C2O. The highest BCUT2D eigenvalue weighted by molar-refractivity contribution is 6.25. The van der Waals surface area contributed by atoms with Crippen LogP contribution in [0.4, 0.5) is 17.1 Å². The third-order valence-corrected chi connectivity index (χ3v) is 24.3. The molecule has 32 heteroatoms. The molecule has 0 unspecified atom stereocenters. The van der Waals surface area contributed by atoms with Crippen LogP contribution in [-0.4, -0.2) is 225 Å². The van der Waals surface area contributed by atoms with Crippen LogP contribution in [0.3, 0.4) is 0 Å². The minimum atomic E-state index is -2.63. The molecule has 0 bridgehead atoms. The molecule has 2 saturated heterocycles. The molecule has 32 nitrogen and oxygen atoms in total. The van der Waals surface area contributed by atoms with E-state index in [1.165, 1.54) is 0 Å². The number of aromatic nitrogens is 1. The lowest BCUT2D eigenvalue weighted by atomic mass is 9.59. The molecule has 9 aliphatic carbocycles. The molecule has 5 fully saturated rings. The number of likely N-dealkylation sites (tertiary alicyclic amines) is 2. The van der Waals surface area contributed by atoms with E-state index < -0.39 is 173 Å². The van der Waals surface area contributed by atoms with Crippen LogP contribution in [0.1, 0.15) is 125 Å². The summed E-state index contributed by atoms with van der Waals surface area (Å²) in [4.78, 5) is 149. The van der Waals surface area contributed by atoms with Crippen LogP contribution in [-0.2, 0) is 69.5 Å². The van der Waals surface area contributed by atoms with Crippen LogP contribution in [0, 0.1) is 35.5 Å². The molecule has 0 spiro atoms. The predicted octanol–water partition coefficient (Wildman–Crippen LogP) is 3.34. The zero-order chi connectivity index (χ0) is 80.9. The van der Waals surface area contributed by atoms with Gasteiger partial charge in [-0.25, -0.2) is 0 Å². The Labute approximate surface area is 634 Å². The molecule has 3 aromatic carbocycles. The molecule has 3 heterocycles. The molecule has 586 valence electrons. The first kappa shape index (κ1) is 77.4. The van der Waals surface area contributed by atoms with Crippen molar-refractivity contribution >= 4 is 98.6 Å². The van der Waals surface area contributed by atoms with Crippen molar-refractivity contribution in [3.63, 3.8) is 0 Å². The zero-order valence-electron chi connectivity index (χ0n) is 61.9. The van der Waals surface area contributed by atoms with Crippen LogP contribution in [0.5, 0.6) is 17.2 Å². The Bertz CT molecular complexity index is 5110. The molecule has 9 atom stereocenters. The van der Waals surface area contributed by atoms with Crippen molar-refractivity contribution in [2.45, 2.75) is 107 Å². The molecule has 0 radical (unpaired) electrons. The number of anilines is 3. The summed E-state index contributed by atoms with van der Waals surface area (Å²) in [5.41, 5.74) is 9.32. The van der Waals surface area contributed by atoms with Gasteiger partial charge in [0.15, 0.2) is 34.2 Å². The molecule has 1 aromatic heterocycles. The number of nitrogens with zero attached hydrogens (tertiary/aromatic N) is 6. The van der Waals surface area contributed by atoms with E-state index >= 15 is 0 Å². The third-order valence-electron chi connectivity index (χ3n) is 24.3. The smallest absolute Gasteiger partial charge is 0.257 e. The summed E-state index contributed by atoms with van der Waals surface area (Å²) < 4.78 is 1.81. The minimum absolute atomic E-state index is 0.0122. The van der Waals surface area contributed by atoms with Gasteiger partial charge in [-0.1, -0.05) is 0 Å². The van der Waals surface area contributed by atoms with E-state index in [1.807, 2.05) is 55.0 Å². The molecule has 5 amide bonds. The van der Waals surface area contributed by atoms with Gasteiger partial charge < -0.3 is 108 Å². The lowest BCUT2D eigenvalue weighted by molar-refractivity contribution is -0.148. The maximum Gasteiger partial charge on any atom is 0.257 e. The van der Waals surface area contributed by atoms with Crippen LogP contribution >= 0.6 is 0 Å². The predicted molar refractivity (Wildman–Crippen MR) is 396 cm³/mol. The second-order valence-electron chi connectivity index (χ2n) is 31.2. The number of phenolic OH excluding ortho intramolecular Hbond substituents is 3. The fourth-order valence-electron chi connectivity index (χ4n) is 18.8. The molecule has 111 heavy (non-hydrogen) atoms. The number of carbonyl (C=O) groups is 11. The van der Waals surface area contributed by atoms with E-state index in [-0.39, 0.29) is 114 Å². The van der Waals surface area contributed by atoms with Gasteiger partial charge in [-0.3, -0.25) is 52.7 Å². The standard InChI is InChI=1S/C27H31N3O8.C26H29N3O8.C26H27N3O7/c1-29(2)16-11-15(26(37)30-6-4-3-5-7-30)21(32)19-14(16)9-12-8-13-10-17(31)20(25(28)36)24(35)27(13,38)23(34)18(12)22(19)33;1-28(2)15-10-14(25(36)29-5-3-4-6-29)20(31)18-13(15)8-11-7-12-9-16(30)19(24(27)35)23(34)26(12,37)22(33)17(11)21(18)32;1-28(2)16-10-14(15-5-4-6-29(15)3)21(31)19-13(16)8-11-7-12-9-17(30)20(25(27)35)24(34)26(12,36)23(33)18(11)22(19)32/h11-13,32-33,35,38H,3-10H2,1-2H3,(H2,28,36);10-12,31-32,34,37H,3-9H2,1-2H3,(H2,27,35);4-6,10-12,31-32,34,36H,7-9H2,1-3H3,(H2,27,35)/t12-,13+,27+;2*11-,12+,26+/m111/s1. The van der Waals surface area contributed by atoms with E-state index in [4.69, 9.17) is 17.2 Å². The van der Waals surface area contributed by atoms with Gasteiger partial charge in [-0.15, -0.1) is 0 Å². The number of rotatable bonds is 9. The third kappa shape index (κ3) is 11.7. The maximum absolute atomic E-state index is 13.7. The Hall–Kier alpha value is -11.8. The van der Waals surface area contributed by atoms with Crippen molar-refractivity contribution in [2.24, 2.45) is 59.8 Å². The molecule has 3 saturated carbocycles. The zero-order valence-corrected chi connectivity index (χ0v) is 61.9. The summed E-state index contributed by atoms with van der Waals surface area (Å²) in [5.74, 6) is -21.1. The number of aryl methyl sites for hydroxylation is 1. The minimum Gasteiger partial charge on any atom is -0.508 e. The number of aromatic hydroxyl groups is 3. The molecular weight excluding hydrogens is 1440 g/mol. The average molecular weight is 1530 g/mol. The van der Waals surface area contributed by atoms with Gasteiger partial charge in [0.2, 0.25) is 17.3 Å². The lowest BCUT2D eigenvalue weighted by Crippen LogP contribution is -2.58. The summed E-state index contributed by atoms with van der Waals surface area (Å²) in [5, 5.41) is 134. The Morgan fingerprint density at radius 2 is 0.730 bits per heavy atom. The van der Waals surface area contributed by atoms with Crippen molar-refractivity contribution in [1.29, 1.82) is 0 Å². The van der Waals surface area contributed by atoms with Crippen molar-refractivity contribution in [1.82, 2.24) is 14.4 Å². The molecule has 15 rings (SSSR count). The highest BCUT2D eigenvalue weighted by atomic mass is 16.4. The second kappa shape index (κ2) is 27.7. The normalized spacial score (nSPS) is 26.6. The number of ketones is 6. The Morgan fingerprint density at radius 1 is 0.432 bits per heavy atom. The molecule has 2 aliphatic heterocycles. The van der Waals surface area contributed by atoms with Crippen molar-refractivity contribution < 1.29 is 114 Å². The van der Waals surface area contributed by atoms with Gasteiger partial charge in [0.1, 0.15) is 68.5 Å². The van der Waals surface area contributed by atoms with Crippen molar-refractivity contribution in [3.8, 4) is 28.5 Å². The van der Waals surface area contributed by atoms with Crippen molar-refractivity contribution in [3.05, 3.63) is 132 Å². The topological polar surface area (TPSA) is 530 Å². The van der Waals surface area contributed by atoms with Crippen LogP contribution in [0.2, 0.25) is 0 Å². The van der Waals surface area contributed by atoms with E-state index in [0.29, 0.717) is 65.5 Å². The van der Waals surface area contributed by atoms with E-state index in [2.05, 4.69) is 0 Å². The first-order chi connectivity index (χ1) is 52.2. The number of nitrogens with two attached hydrogens (primary N) is 3. The molecule has 11 aliphatic rings. The van der Waals surface area contributed by atoms with E-state index in [1.54, 1.807) is 59.9 Å². The van der Waals surface area contributed by atoms with E-state index in [0.717, 1.165) is 37.8 Å².